The Kier molecular flexibility index (Phi) is 6.05. The predicted molar refractivity (Wildman–Crippen MR) is 119 cm³/mol. The maximum absolute atomic E-state index is 10.6. The first-order valence-corrected chi connectivity index (χ1v) is 12.6. The first-order valence-electron chi connectivity index (χ1n) is 10.0. The van der Waals surface area contributed by atoms with Gasteiger partial charge in [-0.2, -0.15) is 0 Å². The minimum Gasteiger partial charge on any atom is -0.497 e. The van der Waals surface area contributed by atoms with Crippen molar-refractivity contribution in [3.8, 4) is 5.75 Å². The number of nitrogen functional groups attached to an aromatic ring is 1. The van der Waals surface area contributed by atoms with E-state index in [0.29, 0.717) is 16.9 Å². The van der Waals surface area contributed by atoms with Crippen LogP contribution in [0.2, 0.25) is 0 Å². The van der Waals surface area contributed by atoms with Crippen molar-refractivity contribution in [1.82, 2.24) is 19.5 Å². The highest BCUT2D eigenvalue weighted by molar-refractivity contribution is 8.07. The summed E-state index contributed by atoms with van der Waals surface area (Å²) in [5, 5.41) is 21.1. The highest BCUT2D eigenvalue weighted by Crippen LogP contribution is 2.59. The number of benzene rings is 1. The average molecular weight is 495 g/mol. The van der Waals surface area contributed by atoms with Crippen molar-refractivity contribution in [2.45, 2.75) is 30.6 Å². The zero-order valence-corrected chi connectivity index (χ0v) is 19.1. The van der Waals surface area contributed by atoms with E-state index in [1.807, 2.05) is 24.3 Å². The number of methoxy groups -OCH3 is 1. The topological polar surface area (TPSA) is 156 Å². The van der Waals surface area contributed by atoms with E-state index in [-0.39, 0.29) is 19.0 Å². The lowest BCUT2D eigenvalue weighted by atomic mass is 10.1. The Hall–Kier alpha value is -2.22. The maximum atomic E-state index is 10.6. The molecular weight excluding hydrogens is 473 g/mol. The van der Waals surface area contributed by atoms with Crippen LogP contribution in [-0.4, -0.2) is 68.4 Å². The highest BCUT2D eigenvalue weighted by Gasteiger charge is 2.46. The van der Waals surface area contributed by atoms with E-state index in [2.05, 4.69) is 15.0 Å². The predicted octanol–water partition coefficient (Wildman–Crippen LogP) is 1.07. The van der Waals surface area contributed by atoms with Crippen molar-refractivity contribution in [2.75, 3.05) is 26.1 Å². The van der Waals surface area contributed by atoms with Crippen molar-refractivity contribution in [2.24, 2.45) is 0 Å². The second-order valence-corrected chi connectivity index (χ2v) is 10.5. The Morgan fingerprint density at radius 2 is 2.12 bits per heavy atom. The maximum Gasteiger partial charge on any atom is 0.328 e. The standard InChI is InChI=1S/C19H22N5O7PS/c1-27-11-4-2-3-10(5-11)12-6-28-32(33,31-12)29-7-13-15(25)16(26)19(30-13)24-9-23-14-17(20)21-8-22-18(14)24/h2-5,8-9,12-13,15-16,19,25-26H,6-7H2,1H3,(H2,20,21,22)/t12?,13-,15-,16-,19-,32?/m1/s1. The van der Waals surface area contributed by atoms with Crippen LogP contribution in [0.4, 0.5) is 5.82 Å². The van der Waals surface area contributed by atoms with Gasteiger partial charge in [-0.3, -0.25) is 9.09 Å². The summed E-state index contributed by atoms with van der Waals surface area (Å²) in [6.07, 6.45) is -2.05. The van der Waals surface area contributed by atoms with E-state index < -0.39 is 37.4 Å². The molecule has 0 bridgehead atoms. The average Bonchev–Trinajstić information content (AvgIpc) is 3.50. The van der Waals surface area contributed by atoms with Crippen LogP contribution in [0.5, 0.6) is 5.75 Å². The fourth-order valence-electron chi connectivity index (χ4n) is 3.76. The van der Waals surface area contributed by atoms with Crippen LogP contribution < -0.4 is 10.5 Å². The SMILES string of the molecule is COc1cccc(C2COP(=S)(OC[C@H]3O[C@@H](n4cnc5c(N)ncnc54)[C@H](O)[C@@H]3O)O2)c1. The van der Waals surface area contributed by atoms with Gasteiger partial charge < -0.3 is 34.5 Å². The Balaban J connectivity index is 1.25. The molecular formula is C19H22N5O7PS. The van der Waals surface area contributed by atoms with Crippen LogP contribution in [0.25, 0.3) is 11.2 Å². The molecule has 0 radical (unpaired) electrons. The number of hydrogen-bond acceptors (Lipinski definition) is 12. The van der Waals surface area contributed by atoms with Gasteiger partial charge in [-0.1, -0.05) is 12.1 Å². The molecule has 176 valence electrons. The first kappa shape index (κ1) is 22.6. The van der Waals surface area contributed by atoms with Crippen LogP contribution in [-0.2, 0) is 30.1 Å². The third-order valence-corrected chi connectivity index (χ3v) is 7.84. The molecule has 0 amide bonds. The summed E-state index contributed by atoms with van der Waals surface area (Å²) >= 11 is 5.46. The molecule has 4 N–H and O–H groups in total. The molecule has 0 aliphatic carbocycles. The van der Waals surface area contributed by atoms with Gasteiger partial charge in [0.05, 0.1) is 26.7 Å². The van der Waals surface area contributed by atoms with Gasteiger partial charge in [-0.05, 0) is 29.5 Å². The van der Waals surface area contributed by atoms with Gasteiger partial charge >= 0.3 is 6.72 Å². The van der Waals surface area contributed by atoms with Gasteiger partial charge in [0.2, 0.25) is 0 Å². The van der Waals surface area contributed by atoms with E-state index >= 15 is 0 Å². The molecule has 2 fully saturated rings. The Morgan fingerprint density at radius 1 is 1.27 bits per heavy atom. The summed E-state index contributed by atoms with van der Waals surface area (Å²) < 4.78 is 29.9. The number of rotatable bonds is 6. The molecule has 2 aliphatic heterocycles. The Morgan fingerprint density at radius 3 is 2.94 bits per heavy atom. The lowest BCUT2D eigenvalue weighted by molar-refractivity contribution is -0.0488. The summed E-state index contributed by atoms with van der Waals surface area (Å²) in [6.45, 7) is -2.99. The Labute approximate surface area is 193 Å². The van der Waals surface area contributed by atoms with Crippen LogP contribution in [0, 0.1) is 0 Å². The van der Waals surface area contributed by atoms with Gasteiger partial charge in [-0.25, -0.2) is 15.0 Å². The van der Waals surface area contributed by atoms with Gasteiger partial charge in [-0.15, -0.1) is 0 Å². The van der Waals surface area contributed by atoms with Crippen molar-refractivity contribution in [3.05, 3.63) is 42.5 Å². The molecule has 0 spiro atoms. The largest absolute Gasteiger partial charge is 0.497 e. The lowest BCUT2D eigenvalue weighted by Crippen LogP contribution is -2.33. The molecule has 33 heavy (non-hydrogen) atoms. The molecule has 2 aliphatic rings. The van der Waals surface area contributed by atoms with Crippen LogP contribution in [0.15, 0.2) is 36.9 Å². The minimum atomic E-state index is -3.08. The van der Waals surface area contributed by atoms with Gasteiger partial charge in [0.1, 0.15) is 42.0 Å². The quantitative estimate of drug-likeness (QED) is 0.419. The van der Waals surface area contributed by atoms with Gasteiger partial charge in [0.15, 0.2) is 17.7 Å². The monoisotopic (exact) mass is 495 g/mol. The molecule has 2 unspecified atom stereocenters. The normalized spacial score (nSPS) is 31.9. The number of imidazole rings is 1. The number of aliphatic hydroxyl groups excluding tert-OH is 2. The zero-order valence-electron chi connectivity index (χ0n) is 17.4. The molecule has 12 nitrogen and oxygen atoms in total. The van der Waals surface area contributed by atoms with Gasteiger partial charge in [0.25, 0.3) is 0 Å². The molecule has 0 saturated carbocycles. The molecule has 3 aromatic rings. The third-order valence-electron chi connectivity index (χ3n) is 5.50. The van der Waals surface area contributed by atoms with Crippen LogP contribution in [0.1, 0.15) is 17.9 Å². The third kappa shape index (κ3) is 4.22. The second kappa shape index (κ2) is 8.85. The molecule has 2 aromatic heterocycles. The zero-order chi connectivity index (χ0) is 23.2. The summed E-state index contributed by atoms with van der Waals surface area (Å²) in [4.78, 5) is 12.2. The van der Waals surface area contributed by atoms with Crippen LogP contribution in [0.3, 0.4) is 0 Å². The molecule has 5 rings (SSSR count). The number of aliphatic hydroxyl groups is 2. The van der Waals surface area contributed by atoms with E-state index in [0.717, 1.165) is 5.56 Å². The van der Waals surface area contributed by atoms with Gasteiger partial charge in [0, 0.05) is 0 Å². The number of nitrogens with two attached hydrogens (primary N) is 1. The number of nitrogens with zero attached hydrogens (tertiary/aromatic N) is 4. The van der Waals surface area contributed by atoms with Crippen molar-refractivity contribution < 1.29 is 33.3 Å². The molecule has 2 saturated heterocycles. The minimum absolute atomic E-state index is 0.138. The summed E-state index contributed by atoms with van der Waals surface area (Å²) in [7, 11) is 1.59. The summed E-state index contributed by atoms with van der Waals surface area (Å²) in [5.41, 5.74) is 7.41. The highest BCUT2D eigenvalue weighted by atomic mass is 32.5. The van der Waals surface area contributed by atoms with Crippen molar-refractivity contribution in [3.63, 3.8) is 0 Å². The number of hydrogen-bond donors (Lipinski definition) is 3. The van der Waals surface area contributed by atoms with E-state index in [4.69, 9.17) is 40.6 Å². The van der Waals surface area contributed by atoms with E-state index in [1.165, 1.54) is 17.2 Å². The summed E-state index contributed by atoms with van der Waals surface area (Å²) in [5.74, 6) is 0.893. The molecule has 14 heteroatoms. The van der Waals surface area contributed by atoms with Crippen molar-refractivity contribution >= 4 is 35.5 Å². The first-order chi connectivity index (χ1) is 15.9. The molecule has 1 aromatic carbocycles. The smallest absolute Gasteiger partial charge is 0.328 e. The number of ether oxygens (including phenoxy) is 2. The van der Waals surface area contributed by atoms with Crippen molar-refractivity contribution in [1.29, 1.82) is 0 Å². The number of anilines is 1. The fourth-order valence-corrected chi connectivity index (χ4v) is 5.77. The fraction of sp³-hybridized carbons (Fsp3) is 0.421. The molecule has 6 atom stereocenters. The second-order valence-electron chi connectivity index (χ2n) is 7.54. The molecule has 4 heterocycles. The number of fused-ring (bicyclic) bond motifs is 1. The van der Waals surface area contributed by atoms with E-state index in [9.17, 15) is 10.2 Å². The van der Waals surface area contributed by atoms with Crippen LogP contribution >= 0.6 is 6.72 Å². The Bertz CT molecular complexity index is 1210. The van der Waals surface area contributed by atoms with E-state index in [1.54, 1.807) is 7.11 Å². The lowest BCUT2D eigenvalue weighted by Gasteiger charge is -2.19. The summed E-state index contributed by atoms with van der Waals surface area (Å²) in [6, 6.07) is 7.41. The number of aromatic nitrogens is 4.